The molecule has 0 aliphatic heterocycles. The quantitative estimate of drug-likeness (QED) is 0.0579. The van der Waals surface area contributed by atoms with Gasteiger partial charge in [0, 0.05) is 25.0 Å². The number of ether oxygens (including phenoxy) is 6. The summed E-state index contributed by atoms with van der Waals surface area (Å²) in [6.45, 7) is 10.4. The Labute approximate surface area is 277 Å². The van der Waals surface area contributed by atoms with Crippen LogP contribution in [-0.2, 0) is 18.9 Å². The van der Waals surface area contributed by atoms with Crippen LogP contribution in [0.25, 0.3) is 0 Å². The Hall–Kier alpha value is -1.54. The van der Waals surface area contributed by atoms with Crippen molar-refractivity contribution in [3.8, 4) is 11.5 Å². The molecule has 0 saturated carbocycles. The summed E-state index contributed by atoms with van der Waals surface area (Å²) >= 11 is 0. The molecule has 0 aliphatic carbocycles. The minimum absolute atomic E-state index is 0.422. The standard InChI is InChI=1S/C38H71NO6/c1-3-5-7-9-11-13-15-17-19-21-25-40-27-29-42-31-33-44-37-24-23-36(39)35-38(37)45-34-32-43-30-28-41-26-22-20-18-16-14-12-10-8-6-4-2/h23-24,35H,3-22,25-34,39H2,1-2H3. The molecular formula is C38H71NO6. The summed E-state index contributed by atoms with van der Waals surface area (Å²) in [5.74, 6) is 1.28. The molecule has 1 aromatic rings. The van der Waals surface area contributed by atoms with Crippen LogP contribution in [0.4, 0.5) is 5.69 Å². The number of rotatable bonds is 36. The van der Waals surface area contributed by atoms with E-state index in [-0.39, 0.29) is 0 Å². The number of nitrogens with two attached hydrogens (primary N) is 1. The first-order valence-corrected chi connectivity index (χ1v) is 18.7. The van der Waals surface area contributed by atoms with E-state index in [1.807, 2.05) is 12.1 Å². The third-order valence-electron chi connectivity index (χ3n) is 7.97. The number of hydrogen-bond acceptors (Lipinski definition) is 7. The van der Waals surface area contributed by atoms with Gasteiger partial charge in [0.05, 0.1) is 39.6 Å². The molecule has 0 amide bonds. The van der Waals surface area contributed by atoms with Crippen molar-refractivity contribution in [2.24, 2.45) is 0 Å². The molecule has 0 unspecified atom stereocenters. The maximum absolute atomic E-state index is 5.97. The second-order valence-electron chi connectivity index (χ2n) is 12.2. The Bertz CT molecular complexity index is 734. The zero-order chi connectivity index (χ0) is 32.3. The van der Waals surface area contributed by atoms with Crippen molar-refractivity contribution >= 4 is 5.69 Å². The molecule has 7 heteroatoms. The van der Waals surface area contributed by atoms with Crippen molar-refractivity contribution in [2.45, 2.75) is 142 Å². The van der Waals surface area contributed by atoms with E-state index in [1.54, 1.807) is 6.07 Å². The van der Waals surface area contributed by atoms with Gasteiger partial charge in [0.15, 0.2) is 11.5 Å². The van der Waals surface area contributed by atoms with Crippen molar-refractivity contribution in [2.75, 3.05) is 71.8 Å². The molecule has 0 atom stereocenters. The van der Waals surface area contributed by atoms with Crippen LogP contribution < -0.4 is 15.2 Å². The van der Waals surface area contributed by atoms with Crippen LogP contribution in [0, 0.1) is 0 Å². The Kier molecular flexibility index (Phi) is 31.2. The summed E-state index contributed by atoms with van der Waals surface area (Å²) < 4.78 is 34.5. The summed E-state index contributed by atoms with van der Waals surface area (Å²) in [7, 11) is 0. The van der Waals surface area contributed by atoms with E-state index >= 15 is 0 Å². The minimum Gasteiger partial charge on any atom is -0.487 e. The number of benzene rings is 1. The van der Waals surface area contributed by atoms with E-state index in [0.29, 0.717) is 70.0 Å². The van der Waals surface area contributed by atoms with Crippen LogP contribution in [0.2, 0.25) is 0 Å². The zero-order valence-corrected chi connectivity index (χ0v) is 29.5. The molecule has 0 radical (unpaired) electrons. The van der Waals surface area contributed by atoms with Gasteiger partial charge in [-0.05, 0) is 25.0 Å². The normalized spacial score (nSPS) is 11.3. The molecule has 0 aliphatic rings. The third-order valence-corrected chi connectivity index (χ3v) is 7.97. The van der Waals surface area contributed by atoms with E-state index in [4.69, 9.17) is 34.2 Å². The molecule has 0 aromatic heterocycles. The average Bonchev–Trinajstić information content (AvgIpc) is 3.04. The number of anilines is 1. The largest absolute Gasteiger partial charge is 0.487 e. The van der Waals surface area contributed by atoms with Gasteiger partial charge in [0.2, 0.25) is 0 Å². The number of hydrogen-bond donors (Lipinski definition) is 1. The second-order valence-corrected chi connectivity index (χ2v) is 12.2. The lowest BCUT2D eigenvalue weighted by Gasteiger charge is -2.14. The highest BCUT2D eigenvalue weighted by molar-refractivity contribution is 5.51. The van der Waals surface area contributed by atoms with E-state index < -0.39 is 0 Å². The highest BCUT2D eigenvalue weighted by atomic mass is 16.6. The summed E-state index contributed by atoms with van der Waals surface area (Å²) in [5.41, 5.74) is 6.60. The molecule has 0 spiro atoms. The lowest BCUT2D eigenvalue weighted by molar-refractivity contribution is 0.0320. The van der Waals surface area contributed by atoms with Gasteiger partial charge >= 0.3 is 0 Å². The average molecular weight is 638 g/mol. The smallest absolute Gasteiger partial charge is 0.163 e. The SMILES string of the molecule is CCCCCCCCCCCCOCCOCCOc1ccc(N)cc1OCCOCCOCCCCCCCCCCCC. The summed E-state index contributed by atoms with van der Waals surface area (Å²) in [6, 6.07) is 5.43. The Morgan fingerprint density at radius 2 is 0.711 bits per heavy atom. The molecular weight excluding hydrogens is 566 g/mol. The van der Waals surface area contributed by atoms with Gasteiger partial charge in [-0.1, -0.05) is 129 Å². The van der Waals surface area contributed by atoms with Crippen LogP contribution in [0.15, 0.2) is 18.2 Å². The molecule has 0 saturated heterocycles. The Morgan fingerprint density at radius 3 is 1.13 bits per heavy atom. The topological polar surface area (TPSA) is 81.4 Å². The minimum atomic E-state index is 0.422. The van der Waals surface area contributed by atoms with Crippen LogP contribution >= 0.6 is 0 Å². The van der Waals surface area contributed by atoms with E-state index in [0.717, 1.165) is 26.1 Å². The summed E-state index contributed by atoms with van der Waals surface area (Å²) in [6.07, 6.45) is 26.8. The molecule has 45 heavy (non-hydrogen) atoms. The van der Waals surface area contributed by atoms with Gasteiger partial charge in [0.25, 0.3) is 0 Å². The fourth-order valence-electron chi connectivity index (χ4n) is 5.20. The Morgan fingerprint density at radius 1 is 0.378 bits per heavy atom. The maximum atomic E-state index is 5.97. The fourth-order valence-corrected chi connectivity index (χ4v) is 5.20. The summed E-state index contributed by atoms with van der Waals surface area (Å²) in [4.78, 5) is 0. The fraction of sp³-hybridized carbons (Fsp3) is 0.842. The first kappa shape index (κ1) is 41.5. The van der Waals surface area contributed by atoms with Gasteiger partial charge in [-0.15, -0.1) is 0 Å². The second kappa shape index (κ2) is 33.8. The van der Waals surface area contributed by atoms with Gasteiger partial charge in [-0.3, -0.25) is 0 Å². The van der Waals surface area contributed by atoms with Crippen molar-refractivity contribution in [1.82, 2.24) is 0 Å². The van der Waals surface area contributed by atoms with Gasteiger partial charge in [0.1, 0.15) is 13.2 Å². The van der Waals surface area contributed by atoms with Gasteiger partial charge in [-0.25, -0.2) is 0 Å². The van der Waals surface area contributed by atoms with E-state index in [2.05, 4.69) is 13.8 Å². The number of nitrogen functional groups attached to an aromatic ring is 1. The predicted molar refractivity (Wildman–Crippen MR) is 189 cm³/mol. The molecule has 0 fully saturated rings. The van der Waals surface area contributed by atoms with Gasteiger partial charge < -0.3 is 34.2 Å². The highest BCUT2D eigenvalue weighted by Gasteiger charge is 2.06. The van der Waals surface area contributed by atoms with Crippen molar-refractivity contribution in [3.63, 3.8) is 0 Å². The summed E-state index contributed by atoms with van der Waals surface area (Å²) in [5, 5.41) is 0. The van der Waals surface area contributed by atoms with E-state index in [9.17, 15) is 0 Å². The highest BCUT2D eigenvalue weighted by Crippen LogP contribution is 2.29. The lowest BCUT2D eigenvalue weighted by atomic mass is 10.1. The number of unbranched alkanes of at least 4 members (excludes halogenated alkanes) is 18. The third kappa shape index (κ3) is 28.4. The molecule has 264 valence electrons. The first-order valence-electron chi connectivity index (χ1n) is 18.7. The van der Waals surface area contributed by atoms with Crippen LogP contribution in [-0.4, -0.2) is 66.1 Å². The van der Waals surface area contributed by atoms with Crippen molar-refractivity contribution in [1.29, 1.82) is 0 Å². The van der Waals surface area contributed by atoms with Crippen molar-refractivity contribution < 1.29 is 28.4 Å². The molecule has 0 bridgehead atoms. The van der Waals surface area contributed by atoms with Gasteiger partial charge in [-0.2, -0.15) is 0 Å². The first-order chi connectivity index (χ1) is 22.3. The molecule has 2 N–H and O–H groups in total. The maximum Gasteiger partial charge on any atom is 0.163 e. The molecule has 1 aromatic carbocycles. The monoisotopic (exact) mass is 638 g/mol. The Balaban J connectivity index is 1.93. The van der Waals surface area contributed by atoms with Crippen LogP contribution in [0.5, 0.6) is 11.5 Å². The van der Waals surface area contributed by atoms with Crippen LogP contribution in [0.1, 0.15) is 142 Å². The zero-order valence-electron chi connectivity index (χ0n) is 29.5. The lowest BCUT2D eigenvalue weighted by Crippen LogP contribution is -2.13. The predicted octanol–water partition coefficient (Wildman–Crippen LogP) is 9.93. The molecule has 7 nitrogen and oxygen atoms in total. The van der Waals surface area contributed by atoms with E-state index in [1.165, 1.54) is 116 Å². The van der Waals surface area contributed by atoms with Crippen molar-refractivity contribution in [3.05, 3.63) is 18.2 Å². The van der Waals surface area contributed by atoms with Crippen LogP contribution in [0.3, 0.4) is 0 Å². The molecule has 0 heterocycles. The molecule has 1 rings (SSSR count).